The van der Waals surface area contributed by atoms with Gasteiger partial charge in [-0.1, -0.05) is 37.1 Å². The van der Waals surface area contributed by atoms with E-state index in [1.165, 1.54) is 30.7 Å². The molecule has 2 aliphatic rings. The third-order valence-electron chi connectivity index (χ3n) is 6.35. The van der Waals surface area contributed by atoms with Gasteiger partial charge in [-0.25, -0.2) is 0 Å². The van der Waals surface area contributed by atoms with E-state index in [1.807, 2.05) is 4.90 Å². The standard InChI is InChI=1S/C23H30F3N5OS/c24-23(25,26)17-8-7-9-18(14-17)27-15-20-28-29-22(31(20)19-10-3-1-4-11-19)33-16-21(32)30-12-5-2-6-13-30/h7-9,14,19,27H,1-6,10-13,15-16H2. The minimum atomic E-state index is -4.38. The minimum Gasteiger partial charge on any atom is -0.378 e. The van der Waals surface area contributed by atoms with Crippen LogP contribution in [0.3, 0.4) is 0 Å². The van der Waals surface area contributed by atoms with Gasteiger partial charge in [0.2, 0.25) is 5.91 Å². The van der Waals surface area contributed by atoms with E-state index < -0.39 is 11.7 Å². The average molecular weight is 482 g/mol. The fourth-order valence-electron chi connectivity index (χ4n) is 4.58. The number of carbonyl (C=O) groups is 1. The molecule has 0 atom stereocenters. The Balaban J connectivity index is 1.47. The molecule has 1 amide bonds. The molecule has 6 nitrogen and oxygen atoms in total. The Bertz CT molecular complexity index is 936. The Hall–Kier alpha value is -2.23. The normalized spacial score (nSPS) is 17.8. The summed E-state index contributed by atoms with van der Waals surface area (Å²) < 4.78 is 41.2. The van der Waals surface area contributed by atoms with Crippen molar-refractivity contribution in [3.8, 4) is 0 Å². The van der Waals surface area contributed by atoms with Crippen LogP contribution in [0.2, 0.25) is 0 Å². The van der Waals surface area contributed by atoms with Crippen molar-refractivity contribution in [2.24, 2.45) is 0 Å². The first-order chi connectivity index (χ1) is 15.9. The molecule has 4 rings (SSSR count). The number of hydrogen-bond donors (Lipinski definition) is 1. The van der Waals surface area contributed by atoms with Gasteiger partial charge in [0.25, 0.3) is 0 Å². The molecular formula is C23H30F3N5OS. The molecule has 180 valence electrons. The molecule has 1 aliphatic carbocycles. The molecule has 10 heteroatoms. The van der Waals surface area contributed by atoms with Crippen LogP contribution in [0.15, 0.2) is 29.4 Å². The number of rotatable bonds is 7. The molecule has 1 saturated carbocycles. The summed E-state index contributed by atoms with van der Waals surface area (Å²) in [5.74, 6) is 1.14. The maximum atomic E-state index is 13.0. The van der Waals surface area contributed by atoms with Crippen LogP contribution in [0.1, 0.15) is 68.8 Å². The monoisotopic (exact) mass is 481 g/mol. The highest BCUT2D eigenvalue weighted by molar-refractivity contribution is 7.99. The number of aromatic nitrogens is 3. The highest BCUT2D eigenvalue weighted by Gasteiger charge is 2.30. The van der Waals surface area contributed by atoms with Gasteiger partial charge in [-0.3, -0.25) is 4.79 Å². The van der Waals surface area contributed by atoms with Crippen molar-refractivity contribution in [2.75, 3.05) is 24.2 Å². The highest BCUT2D eigenvalue weighted by atomic mass is 32.2. The van der Waals surface area contributed by atoms with Crippen LogP contribution >= 0.6 is 11.8 Å². The van der Waals surface area contributed by atoms with E-state index in [-0.39, 0.29) is 18.5 Å². The van der Waals surface area contributed by atoms with Crippen LogP contribution < -0.4 is 5.32 Å². The number of hydrogen-bond acceptors (Lipinski definition) is 5. The number of piperidine rings is 1. The maximum absolute atomic E-state index is 13.0. The Labute approximate surface area is 196 Å². The first kappa shape index (κ1) is 23.9. The largest absolute Gasteiger partial charge is 0.416 e. The Morgan fingerprint density at radius 2 is 1.79 bits per heavy atom. The predicted octanol–water partition coefficient (Wildman–Crippen LogP) is 5.52. The molecule has 0 unspecified atom stereocenters. The van der Waals surface area contributed by atoms with Crippen molar-refractivity contribution in [1.29, 1.82) is 0 Å². The average Bonchev–Trinajstić information content (AvgIpc) is 3.25. The number of amides is 1. The number of halogens is 3. The van der Waals surface area contributed by atoms with E-state index in [2.05, 4.69) is 20.1 Å². The number of thioether (sulfide) groups is 1. The number of anilines is 1. The Morgan fingerprint density at radius 3 is 2.52 bits per heavy atom. The Kier molecular flexibility index (Phi) is 7.82. The summed E-state index contributed by atoms with van der Waals surface area (Å²) in [4.78, 5) is 14.6. The second-order valence-corrected chi connectivity index (χ2v) is 9.67. The lowest BCUT2D eigenvalue weighted by Crippen LogP contribution is -2.36. The zero-order valence-corrected chi connectivity index (χ0v) is 19.4. The molecule has 1 saturated heterocycles. The summed E-state index contributed by atoms with van der Waals surface area (Å²) in [7, 11) is 0. The summed E-state index contributed by atoms with van der Waals surface area (Å²) in [6.07, 6.45) is 4.39. The molecule has 0 bridgehead atoms. The fourth-order valence-corrected chi connectivity index (χ4v) is 5.51. The number of nitrogens with zero attached hydrogens (tertiary/aromatic N) is 4. The zero-order valence-electron chi connectivity index (χ0n) is 18.6. The molecule has 0 spiro atoms. The van der Waals surface area contributed by atoms with Crippen molar-refractivity contribution >= 4 is 23.4 Å². The van der Waals surface area contributed by atoms with Crippen LogP contribution in [0.4, 0.5) is 18.9 Å². The van der Waals surface area contributed by atoms with Gasteiger partial charge in [0.05, 0.1) is 17.9 Å². The summed E-state index contributed by atoms with van der Waals surface area (Å²) in [5.41, 5.74) is -0.300. The van der Waals surface area contributed by atoms with Gasteiger partial charge in [-0.05, 0) is 50.3 Å². The highest BCUT2D eigenvalue weighted by Crippen LogP contribution is 2.34. The van der Waals surface area contributed by atoms with Crippen LogP contribution in [-0.2, 0) is 17.5 Å². The second-order valence-electron chi connectivity index (χ2n) is 8.72. The van der Waals surface area contributed by atoms with Gasteiger partial charge < -0.3 is 14.8 Å². The van der Waals surface area contributed by atoms with E-state index in [4.69, 9.17) is 0 Å². The molecule has 1 aromatic carbocycles. The predicted molar refractivity (Wildman–Crippen MR) is 122 cm³/mol. The zero-order chi connectivity index (χ0) is 23.3. The summed E-state index contributed by atoms with van der Waals surface area (Å²) in [5, 5.41) is 12.5. The third-order valence-corrected chi connectivity index (χ3v) is 7.28. The maximum Gasteiger partial charge on any atom is 0.416 e. The van der Waals surface area contributed by atoms with Gasteiger partial charge in [0.15, 0.2) is 11.0 Å². The van der Waals surface area contributed by atoms with Gasteiger partial charge in [-0.2, -0.15) is 13.2 Å². The summed E-state index contributed by atoms with van der Waals surface area (Å²) in [6, 6.07) is 5.42. The molecule has 2 heterocycles. The number of likely N-dealkylation sites (tertiary alicyclic amines) is 1. The van der Waals surface area contributed by atoms with Gasteiger partial charge in [-0.15, -0.1) is 10.2 Å². The topological polar surface area (TPSA) is 63.1 Å². The number of nitrogens with one attached hydrogen (secondary N) is 1. The molecular weight excluding hydrogens is 451 g/mol. The molecule has 1 aliphatic heterocycles. The van der Waals surface area contributed by atoms with Crippen LogP contribution in [0.25, 0.3) is 0 Å². The lowest BCUT2D eigenvalue weighted by molar-refractivity contribution is -0.137. The smallest absolute Gasteiger partial charge is 0.378 e. The van der Waals surface area contributed by atoms with Crippen LogP contribution in [-0.4, -0.2) is 44.4 Å². The lowest BCUT2D eigenvalue weighted by Gasteiger charge is -2.27. The fraction of sp³-hybridized carbons (Fsp3) is 0.609. The molecule has 33 heavy (non-hydrogen) atoms. The van der Waals surface area contributed by atoms with Gasteiger partial charge in [0, 0.05) is 24.8 Å². The van der Waals surface area contributed by atoms with Crippen molar-refractivity contribution in [3.63, 3.8) is 0 Å². The summed E-state index contributed by atoms with van der Waals surface area (Å²) >= 11 is 1.41. The van der Waals surface area contributed by atoms with E-state index in [0.717, 1.165) is 63.7 Å². The van der Waals surface area contributed by atoms with Crippen LogP contribution in [0, 0.1) is 0 Å². The van der Waals surface area contributed by atoms with Gasteiger partial charge in [0.1, 0.15) is 0 Å². The number of alkyl halides is 3. The van der Waals surface area contributed by atoms with Crippen molar-refractivity contribution in [1.82, 2.24) is 19.7 Å². The number of benzene rings is 1. The Morgan fingerprint density at radius 1 is 1.06 bits per heavy atom. The van der Waals surface area contributed by atoms with Crippen molar-refractivity contribution in [3.05, 3.63) is 35.7 Å². The van der Waals surface area contributed by atoms with E-state index in [9.17, 15) is 18.0 Å². The molecule has 0 radical (unpaired) electrons. The molecule has 1 aromatic heterocycles. The first-order valence-electron chi connectivity index (χ1n) is 11.7. The van der Waals surface area contributed by atoms with E-state index in [0.29, 0.717) is 22.4 Å². The van der Waals surface area contributed by atoms with Gasteiger partial charge >= 0.3 is 6.18 Å². The second kappa shape index (κ2) is 10.8. The molecule has 2 fully saturated rings. The van der Waals surface area contributed by atoms with E-state index >= 15 is 0 Å². The SMILES string of the molecule is O=C(CSc1nnc(CNc2cccc(C(F)(F)F)c2)n1C1CCCCC1)N1CCCCC1. The first-order valence-corrected chi connectivity index (χ1v) is 12.7. The lowest BCUT2D eigenvalue weighted by atomic mass is 9.95. The third kappa shape index (κ3) is 6.22. The minimum absolute atomic E-state index is 0.126. The van der Waals surface area contributed by atoms with Crippen molar-refractivity contribution < 1.29 is 18.0 Å². The quantitative estimate of drug-likeness (QED) is 0.528. The van der Waals surface area contributed by atoms with Crippen LogP contribution in [0.5, 0.6) is 0 Å². The number of carbonyl (C=O) groups excluding carboxylic acids is 1. The summed E-state index contributed by atoms with van der Waals surface area (Å²) in [6.45, 7) is 1.91. The van der Waals surface area contributed by atoms with E-state index in [1.54, 1.807) is 6.07 Å². The molecule has 2 aromatic rings. The molecule has 1 N–H and O–H groups in total. The van der Waals surface area contributed by atoms with Crippen molar-refractivity contribution in [2.45, 2.75) is 75.3 Å².